The lowest BCUT2D eigenvalue weighted by molar-refractivity contribution is 0.115. The van der Waals surface area contributed by atoms with Gasteiger partial charge in [-0.15, -0.1) is 0 Å². The summed E-state index contributed by atoms with van der Waals surface area (Å²) in [7, 11) is 0. The zero-order valence-electron chi connectivity index (χ0n) is 8.50. The van der Waals surface area contributed by atoms with Gasteiger partial charge in [-0.05, 0) is 29.9 Å². The fourth-order valence-electron chi connectivity index (χ4n) is 2.04. The minimum Gasteiger partial charge on any atom is -0.319 e. The van der Waals surface area contributed by atoms with Gasteiger partial charge >= 0.3 is 0 Å². The molecular formula is C12H15F2N. The molecule has 0 radical (unpaired) electrons. The Kier molecular flexibility index (Phi) is 3.00. The highest BCUT2D eigenvalue weighted by Gasteiger charge is 2.26. The van der Waals surface area contributed by atoms with E-state index in [1.165, 1.54) is 6.42 Å². The third-order valence-corrected chi connectivity index (χ3v) is 3.17. The van der Waals surface area contributed by atoms with Crippen LogP contribution in [0.5, 0.6) is 0 Å². The minimum atomic E-state index is -2.48. The topological polar surface area (TPSA) is 26.0 Å². The number of hydrogen-bond acceptors (Lipinski definition) is 1. The van der Waals surface area contributed by atoms with Gasteiger partial charge in [0.1, 0.15) is 0 Å². The zero-order chi connectivity index (χ0) is 10.8. The standard InChI is InChI=1S/C12H15F2N/c13-12(14)11(15)10-7-2-1-6-9(10)8-4-3-5-8/h1-2,6-8,11-12H,3-5,15H2. The van der Waals surface area contributed by atoms with Gasteiger partial charge in [0, 0.05) is 0 Å². The van der Waals surface area contributed by atoms with Crippen LogP contribution in [0, 0.1) is 0 Å². The second-order valence-electron chi connectivity index (χ2n) is 4.12. The average molecular weight is 211 g/mol. The summed E-state index contributed by atoms with van der Waals surface area (Å²) in [6.45, 7) is 0. The smallest absolute Gasteiger partial charge is 0.257 e. The van der Waals surface area contributed by atoms with Crippen molar-refractivity contribution < 1.29 is 8.78 Å². The van der Waals surface area contributed by atoms with Crippen molar-refractivity contribution in [3.05, 3.63) is 35.4 Å². The van der Waals surface area contributed by atoms with Crippen molar-refractivity contribution in [2.75, 3.05) is 0 Å². The van der Waals surface area contributed by atoms with E-state index in [0.717, 1.165) is 18.4 Å². The molecular weight excluding hydrogens is 196 g/mol. The summed E-state index contributed by atoms with van der Waals surface area (Å²) in [5.74, 6) is 0.450. The number of halogens is 2. The molecule has 0 aliphatic heterocycles. The molecule has 3 heteroatoms. The van der Waals surface area contributed by atoms with E-state index in [1.807, 2.05) is 12.1 Å². The van der Waals surface area contributed by atoms with Gasteiger partial charge in [0.2, 0.25) is 0 Å². The Morgan fingerprint density at radius 3 is 2.40 bits per heavy atom. The average Bonchev–Trinajstić information content (AvgIpc) is 2.15. The van der Waals surface area contributed by atoms with Crippen LogP contribution in [0.3, 0.4) is 0 Å². The molecule has 1 aromatic carbocycles. The quantitative estimate of drug-likeness (QED) is 0.816. The Hall–Kier alpha value is -0.960. The van der Waals surface area contributed by atoms with Gasteiger partial charge < -0.3 is 5.73 Å². The maximum atomic E-state index is 12.6. The first kappa shape index (κ1) is 10.6. The number of alkyl halides is 2. The molecule has 1 aliphatic carbocycles. The molecule has 1 atom stereocenters. The van der Waals surface area contributed by atoms with Crippen molar-refractivity contribution in [1.29, 1.82) is 0 Å². The highest BCUT2D eigenvalue weighted by Crippen LogP contribution is 2.39. The first-order valence-corrected chi connectivity index (χ1v) is 5.32. The van der Waals surface area contributed by atoms with Gasteiger partial charge in [-0.25, -0.2) is 8.78 Å². The second-order valence-corrected chi connectivity index (χ2v) is 4.12. The Balaban J connectivity index is 2.28. The number of rotatable bonds is 3. The molecule has 1 unspecified atom stereocenters. The summed E-state index contributed by atoms with van der Waals surface area (Å²) in [4.78, 5) is 0. The summed E-state index contributed by atoms with van der Waals surface area (Å²) in [6, 6.07) is 6.20. The summed E-state index contributed by atoms with van der Waals surface area (Å²) in [5.41, 5.74) is 7.15. The molecule has 1 fully saturated rings. The molecule has 0 amide bonds. The molecule has 1 aromatic rings. The lowest BCUT2D eigenvalue weighted by Crippen LogP contribution is -2.22. The number of benzene rings is 1. The van der Waals surface area contributed by atoms with Crippen LogP contribution in [0.15, 0.2) is 24.3 Å². The summed E-state index contributed by atoms with van der Waals surface area (Å²) in [5, 5.41) is 0. The Morgan fingerprint density at radius 1 is 1.20 bits per heavy atom. The van der Waals surface area contributed by atoms with E-state index < -0.39 is 12.5 Å². The number of nitrogens with two attached hydrogens (primary N) is 1. The fourth-order valence-corrected chi connectivity index (χ4v) is 2.04. The molecule has 0 saturated heterocycles. The van der Waals surface area contributed by atoms with Crippen LogP contribution >= 0.6 is 0 Å². The third-order valence-electron chi connectivity index (χ3n) is 3.17. The predicted molar refractivity (Wildman–Crippen MR) is 56.0 cm³/mol. The fraction of sp³-hybridized carbons (Fsp3) is 0.500. The van der Waals surface area contributed by atoms with E-state index >= 15 is 0 Å². The van der Waals surface area contributed by atoms with Gasteiger partial charge in [0.05, 0.1) is 6.04 Å². The third kappa shape index (κ3) is 2.02. The largest absolute Gasteiger partial charge is 0.319 e. The van der Waals surface area contributed by atoms with Crippen molar-refractivity contribution in [2.24, 2.45) is 5.73 Å². The first-order chi connectivity index (χ1) is 7.20. The van der Waals surface area contributed by atoms with E-state index in [-0.39, 0.29) is 0 Å². The van der Waals surface area contributed by atoms with Crippen molar-refractivity contribution in [1.82, 2.24) is 0 Å². The lowest BCUT2D eigenvalue weighted by Gasteiger charge is -2.29. The maximum absolute atomic E-state index is 12.6. The van der Waals surface area contributed by atoms with Gasteiger partial charge in [0.15, 0.2) is 0 Å². The molecule has 2 N–H and O–H groups in total. The van der Waals surface area contributed by atoms with Crippen LogP contribution in [0.25, 0.3) is 0 Å². The van der Waals surface area contributed by atoms with Crippen molar-refractivity contribution in [2.45, 2.75) is 37.6 Å². The summed E-state index contributed by atoms with van der Waals surface area (Å²) >= 11 is 0. The molecule has 0 heterocycles. The van der Waals surface area contributed by atoms with Crippen molar-refractivity contribution in [3.8, 4) is 0 Å². The molecule has 2 rings (SSSR count). The first-order valence-electron chi connectivity index (χ1n) is 5.32. The Morgan fingerprint density at radius 2 is 1.87 bits per heavy atom. The van der Waals surface area contributed by atoms with Gasteiger partial charge in [-0.3, -0.25) is 0 Å². The van der Waals surface area contributed by atoms with Crippen LogP contribution in [0.1, 0.15) is 42.3 Å². The molecule has 1 aliphatic rings. The van der Waals surface area contributed by atoms with Crippen LogP contribution < -0.4 is 5.73 Å². The summed E-state index contributed by atoms with van der Waals surface area (Å²) < 4.78 is 25.1. The van der Waals surface area contributed by atoms with Crippen LogP contribution in [-0.2, 0) is 0 Å². The van der Waals surface area contributed by atoms with Crippen molar-refractivity contribution in [3.63, 3.8) is 0 Å². The highest BCUT2D eigenvalue weighted by molar-refractivity contribution is 5.34. The summed E-state index contributed by atoms with van der Waals surface area (Å²) in [6.07, 6.45) is 0.925. The second kappa shape index (κ2) is 4.27. The molecule has 1 saturated carbocycles. The minimum absolute atomic E-state index is 0.450. The Labute approximate surface area is 88.3 Å². The predicted octanol–water partition coefficient (Wildman–Crippen LogP) is 3.22. The van der Waals surface area contributed by atoms with E-state index in [1.54, 1.807) is 12.1 Å². The van der Waals surface area contributed by atoms with E-state index in [9.17, 15) is 8.78 Å². The van der Waals surface area contributed by atoms with Crippen LogP contribution in [0.4, 0.5) is 8.78 Å². The van der Waals surface area contributed by atoms with Crippen molar-refractivity contribution >= 4 is 0 Å². The number of hydrogen-bond donors (Lipinski definition) is 1. The van der Waals surface area contributed by atoms with E-state index in [4.69, 9.17) is 5.73 Å². The van der Waals surface area contributed by atoms with Crippen LogP contribution in [0.2, 0.25) is 0 Å². The molecule has 0 aromatic heterocycles. The molecule has 82 valence electrons. The normalized spacial score (nSPS) is 18.9. The highest BCUT2D eigenvalue weighted by atomic mass is 19.3. The van der Waals surface area contributed by atoms with Gasteiger partial charge in [-0.1, -0.05) is 30.7 Å². The van der Waals surface area contributed by atoms with Gasteiger partial charge in [-0.2, -0.15) is 0 Å². The molecule has 0 spiro atoms. The van der Waals surface area contributed by atoms with Gasteiger partial charge in [0.25, 0.3) is 6.43 Å². The molecule has 15 heavy (non-hydrogen) atoms. The Bertz CT molecular complexity index is 334. The zero-order valence-corrected chi connectivity index (χ0v) is 8.50. The SMILES string of the molecule is NC(c1ccccc1C1CCC1)C(F)F. The molecule has 1 nitrogen and oxygen atoms in total. The van der Waals surface area contributed by atoms with E-state index in [0.29, 0.717) is 11.5 Å². The monoisotopic (exact) mass is 211 g/mol. The van der Waals surface area contributed by atoms with E-state index in [2.05, 4.69) is 0 Å². The maximum Gasteiger partial charge on any atom is 0.257 e. The lowest BCUT2D eigenvalue weighted by atomic mass is 9.77. The molecule has 0 bridgehead atoms. The van der Waals surface area contributed by atoms with Crippen LogP contribution in [-0.4, -0.2) is 6.43 Å².